The van der Waals surface area contributed by atoms with Gasteiger partial charge in [0.05, 0.1) is 12.6 Å². The van der Waals surface area contributed by atoms with E-state index in [0.29, 0.717) is 13.2 Å². The molecule has 6 heteroatoms. The number of amides is 2. The first-order valence-corrected chi connectivity index (χ1v) is 5.29. The highest BCUT2D eigenvalue weighted by Crippen LogP contribution is 1.89. The third-order valence-corrected chi connectivity index (χ3v) is 2.03. The lowest BCUT2D eigenvalue weighted by molar-refractivity contribution is -0.129. The number of hydrogen-bond acceptors (Lipinski definition) is 4. The van der Waals surface area contributed by atoms with E-state index in [9.17, 15) is 9.59 Å². The number of terminal acetylenes is 1. The minimum atomic E-state index is -0.783. The van der Waals surface area contributed by atoms with Crippen molar-refractivity contribution in [2.75, 3.05) is 20.3 Å². The number of ether oxygens (including phenoxy) is 1. The van der Waals surface area contributed by atoms with Crippen molar-refractivity contribution in [1.29, 1.82) is 0 Å². The number of hydrogen-bond donors (Lipinski definition) is 3. The molecule has 0 bridgehead atoms. The zero-order valence-corrected chi connectivity index (χ0v) is 10.2. The molecular weight excluding hydrogens is 222 g/mol. The smallest absolute Gasteiger partial charge is 0.242 e. The van der Waals surface area contributed by atoms with Crippen molar-refractivity contribution in [2.24, 2.45) is 5.73 Å². The van der Waals surface area contributed by atoms with Crippen molar-refractivity contribution >= 4 is 11.8 Å². The maximum Gasteiger partial charge on any atom is 0.242 e. The van der Waals surface area contributed by atoms with Crippen LogP contribution in [-0.2, 0) is 14.3 Å². The summed E-state index contributed by atoms with van der Waals surface area (Å²) in [5.41, 5.74) is 5.49. The fourth-order valence-corrected chi connectivity index (χ4v) is 1.04. The van der Waals surface area contributed by atoms with E-state index in [1.807, 2.05) is 0 Å². The minimum Gasteiger partial charge on any atom is -0.383 e. The van der Waals surface area contributed by atoms with E-state index in [2.05, 4.69) is 16.6 Å². The second-order valence-electron chi connectivity index (χ2n) is 3.53. The second-order valence-corrected chi connectivity index (χ2v) is 3.53. The molecule has 17 heavy (non-hydrogen) atoms. The summed E-state index contributed by atoms with van der Waals surface area (Å²) in [7, 11) is 1.54. The van der Waals surface area contributed by atoms with Crippen molar-refractivity contribution in [3.05, 3.63) is 0 Å². The number of methoxy groups -OCH3 is 1. The molecule has 0 radical (unpaired) electrons. The zero-order valence-electron chi connectivity index (χ0n) is 10.2. The predicted octanol–water partition coefficient (Wildman–Crippen LogP) is -1.40. The lowest BCUT2D eigenvalue weighted by Gasteiger charge is -2.16. The Balaban J connectivity index is 3.99. The molecule has 0 aliphatic heterocycles. The Morgan fingerprint density at radius 1 is 1.47 bits per heavy atom. The second kappa shape index (κ2) is 8.56. The molecule has 2 amide bonds. The summed E-state index contributed by atoms with van der Waals surface area (Å²) in [6.07, 6.45) is 5.18. The number of nitrogens with two attached hydrogens (primary N) is 1. The maximum atomic E-state index is 11.5. The molecule has 0 saturated carbocycles. The third kappa shape index (κ3) is 6.56. The van der Waals surface area contributed by atoms with Crippen LogP contribution in [-0.4, -0.2) is 44.2 Å². The molecule has 0 fully saturated rings. The Morgan fingerprint density at radius 2 is 2.12 bits per heavy atom. The molecule has 0 rings (SSSR count). The van der Waals surface area contributed by atoms with E-state index in [1.54, 1.807) is 6.92 Å². The van der Waals surface area contributed by atoms with E-state index in [0.717, 1.165) is 0 Å². The largest absolute Gasteiger partial charge is 0.383 e. The summed E-state index contributed by atoms with van der Waals surface area (Å²) >= 11 is 0. The predicted molar refractivity (Wildman–Crippen MR) is 63.9 cm³/mol. The van der Waals surface area contributed by atoms with Gasteiger partial charge in [0.15, 0.2) is 0 Å². The maximum absolute atomic E-state index is 11.5. The fourth-order valence-electron chi connectivity index (χ4n) is 1.04. The summed E-state index contributed by atoms with van der Waals surface area (Å²) in [5, 5.41) is 5.08. The Hall–Kier alpha value is -1.58. The van der Waals surface area contributed by atoms with Gasteiger partial charge < -0.3 is 21.1 Å². The van der Waals surface area contributed by atoms with Gasteiger partial charge in [0.25, 0.3) is 0 Å². The van der Waals surface area contributed by atoms with E-state index in [1.165, 1.54) is 7.11 Å². The molecule has 0 spiro atoms. The van der Waals surface area contributed by atoms with Crippen LogP contribution in [0.5, 0.6) is 0 Å². The molecule has 0 aliphatic rings. The average molecular weight is 241 g/mol. The van der Waals surface area contributed by atoms with Crippen LogP contribution < -0.4 is 16.4 Å². The van der Waals surface area contributed by atoms with Gasteiger partial charge in [0.1, 0.15) is 6.04 Å². The monoisotopic (exact) mass is 241 g/mol. The SMILES string of the molecule is C#CCC(N)C(=O)NC(C)C(=O)NCCOC. The van der Waals surface area contributed by atoms with Gasteiger partial charge in [0.2, 0.25) is 11.8 Å². The number of nitrogens with one attached hydrogen (secondary N) is 2. The van der Waals surface area contributed by atoms with Crippen molar-refractivity contribution < 1.29 is 14.3 Å². The molecule has 0 heterocycles. The van der Waals surface area contributed by atoms with Crippen molar-refractivity contribution in [1.82, 2.24) is 10.6 Å². The van der Waals surface area contributed by atoms with Gasteiger partial charge in [-0.2, -0.15) is 0 Å². The quantitative estimate of drug-likeness (QED) is 0.378. The molecule has 0 aromatic heterocycles. The van der Waals surface area contributed by atoms with Crippen molar-refractivity contribution in [3.8, 4) is 12.3 Å². The lowest BCUT2D eigenvalue weighted by atomic mass is 10.2. The van der Waals surface area contributed by atoms with Crippen molar-refractivity contribution in [2.45, 2.75) is 25.4 Å². The highest BCUT2D eigenvalue weighted by atomic mass is 16.5. The summed E-state index contributed by atoms with van der Waals surface area (Å²) in [4.78, 5) is 22.9. The highest BCUT2D eigenvalue weighted by Gasteiger charge is 2.18. The topological polar surface area (TPSA) is 93.5 Å². The molecule has 4 N–H and O–H groups in total. The molecule has 0 aromatic rings. The molecule has 2 unspecified atom stereocenters. The van der Waals surface area contributed by atoms with Crippen LogP contribution in [0.15, 0.2) is 0 Å². The average Bonchev–Trinajstić information content (AvgIpc) is 2.29. The first-order valence-electron chi connectivity index (χ1n) is 5.29. The lowest BCUT2D eigenvalue weighted by Crippen LogP contribution is -2.50. The van der Waals surface area contributed by atoms with E-state index in [4.69, 9.17) is 16.9 Å². The van der Waals surface area contributed by atoms with Gasteiger partial charge in [-0.25, -0.2) is 0 Å². The van der Waals surface area contributed by atoms with Gasteiger partial charge in [-0.3, -0.25) is 9.59 Å². The summed E-state index contributed by atoms with van der Waals surface area (Å²) in [6.45, 7) is 2.39. The normalized spacial score (nSPS) is 13.3. The molecule has 2 atom stereocenters. The van der Waals surface area contributed by atoms with E-state index in [-0.39, 0.29) is 12.3 Å². The van der Waals surface area contributed by atoms with Gasteiger partial charge >= 0.3 is 0 Å². The first kappa shape index (κ1) is 15.4. The fraction of sp³-hybridized carbons (Fsp3) is 0.636. The van der Waals surface area contributed by atoms with Crippen molar-refractivity contribution in [3.63, 3.8) is 0 Å². The Kier molecular flexibility index (Phi) is 7.76. The Bertz CT molecular complexity index is 299. The molecular formula is C11H19N3O3. The Labute approximate surface area is 101 Å². The third-order valence-electron chi connectivity index (χ3n) is 2.03. The van der Waals surface area contributed by atoms with Gasteiger partial charge in [-0.05, 0) is 6.92 Å². The van der Waals surface area contributed by atoms with Crippen LogP contribution in [0.1, 0.15) is 13.3 Å². The first-order chi connectivity index (χ1) is 8.02. The molecule has 6 nitrogen and oxygen atoms in total. The number of carbonyl (C=O) groups is 2. The van der Waals surface area contributed by atoms with Crippen LogP contribution in [0.2, 0.25) is 0 Å². The van der Waals surface area contributed by atoms with E-state index < -0.39 is 18.0 Å². The van der Waals surface area contributed by atoms with Crippen LogP contribution in [0.4, 0.5) is 0 Å². The summed E-state index contributed by atoms with van der Waals surface area (Å²) in [6, 6.07) is -1.43. The summed E-state index contributed by atoms with van der Waals surface area (Å²) < 4.78 is 4.78. The van der Waals surface area contributed by atoms with Gasteiger partial charge in [-0.15, -0.1) is 12.3 Å². The molecule has 0 saturated heterocycles. The molecule has 96 valence electrons. The minimum absolute atomic E-state index is 0.143. The van der Waals surface area contributed by atoms with Crippen LogP contribution in [0.3, 0.4) is 0 Å². The Morgan fingerprint density at radius 3 is 2.65 bits per heavy atom. The van der Waals surface area contributed by atoms with Crippen LogP contribution in [0.25, 0.3) is 0 Å². The van der Waals surface area contributed by atoms with Crippen LogP contribution in [0, 0.1) is 12.3 Å². The standard InChI is InChI=1S/C11H19N3O3/c1-4-5-9(12)11(16)14-8(2)10(15)13-6-7-17-3/h1,8-9H,5-7,12H2,2-3H3,(H,13,15)(H,14,16). The highest BCUT2D eigenvalue weighted by molar-refractivity contribution is 5.89. The number of rotatable bonds is 7. The molecule has 0 aliphatic carbocycles. The number of carbonyl (C=O) groups excluding carboxylic acids is 2. The molecule has 0 aromatic carbocycles. The van der Waals surface area contributed by atoms with Gasteiger partial charge in [0, 0.05) is 20.1 Å². The summed E-state index contributed by atoms with van der Waals surface area (Å²) in [5.74, 6) is 1.57. The van der Waals surface area contributed by atoms with Gasteiger partial charge in [-0.1, -0.05) is 0 Å². The van der Waals surface area contributed by atoms with Crippen LogP contribution >= 0.6 is 0 Å². The zero-order chi connectivity index (χ0) is 13.3. The van der Waals surface area contributed by atoms with E-state index >= 15 is 0 Å².